The maximum Gasteiger partial charge on any atom is 0.407 e. The van der Waals surface area contributed by atoms with E-state index in [0.29, 0.717) is 38.7 Å². The molecule has 1 aromatic carbocycles. The maximum absolute atomic E-state index is 13.2. The molecule has 13 heteroatoms. The van der Waals surface area contributed by atoms with Gasteiger partial charge in [0.05, 0.1) is 43.6 Å². The number of likely N-dealkylation sites (tertiary alicyclic amines) is 1. The summed E-state index contributed by atoms with van der Waals surface area (Å²) in [5.41, 5.74) is 0.547. The van der Waals surface area contributed by atoms with Gasteiger partial charge in [-0.2, -0.15) is 0 Å². The van der Waals surface area contributed by atoms with Crippen LogP contribution in [0.3, 0.4) is 0 Å². The van der Waals surface area contributed by atoms with Crippen LogP contribution in [0.2, 0.25) is 0 Å². The van der Waals surface area contributed by atoms with Crippen LogP contribution < -0.4 is 16.0 Å². The number of piperidine rings is 1. The number of anilines is 1. The summed E-state index contributed by atoms with van der Waals surface area (Å²) in [6, 6.07) is 4.15. The van der Waals surface area contributed by atoms with Gasteiger partial charge in [0.15, 0.2) is 0 Å². The van der Waals surface area contributed by atoms with E-state index in [4.69, 9.17) is 14.2 Å². The number of nitrogens with one attached hydrogen (secondary N) is 3. The second-order valence-electron chi connectivity index (χ2n) is 10.9. The van der Waals surface area contributed by atoms with Crippen LogP contribution in [-0.4, -0.2) is 110 Å². The van der Waals surface area contributed by atoms with E-state index in [0.717, 1.165) is 24.5 Å². The summed E-state index contributed by atoms with van der Waals surface area (Å²) in [6.07, 6.45) is -0.270. The number of carbonyl (C=O) groups is 5. The smallest absolute Gasteiger partial charge is 0.407 e. The number of hydrogen-bond donors (Lipinski definition) is 3. The van der Waals surface area contributed by atoms with Gasteiger partial charge in [-0.3, -0.25) is 34.3 Å². The van der Waals surface area contributed by atoms with Crippen LogP contribution in [0.1, 0.15) is 54.3 Å². The number of rotatable bonds is 12. The Balaban J connectivity index is 1.12. The normalized spacial score (nSPS) is 19.8. The molecule has 2 saturated heterocycles. The number of carbonyl (C=O) groups excluding carboxylic acids is 5. The molecule has 0 radical (unpaired) electrons. The quantitative estimate of drug-likeness (QED) is 0.247. The highest BCUT2D eigenvalue weighted by Gasteiger charge is 2.46. The molecule has 4 rings (SSSR count). The molecule has 0 aromatic heterocycles. The van der Waals surface area contributed by atoms with E-state index < -0.39 is 41.4 Å². The Morgan fingerprint density at radius 3 is 2.45 bits per heavy atom. The number of hydrogen-bond acceptors (Lipinski definition) is 10. The summed E-state index contributed by atoms with van der Waals surface area (Å²) < 4.78 is 16.2. The van der Waals surface area contributed by atoms with Gasteiger partial charge in [-0.05, 0) is 39.3 Å². The minimum absolute atomic E-state index is 0.0803. The van der Waals surface area contributed by atoms with Crippen LogP contribution in [-0.2, 0) is 23.8 Å². The lowest BCUT2D eigenvalue weighted by Crippen LogP contribution is -2.55. The molecular formula is C27H37N5O8. The van der Waals surface area contributed by atoms with E-state index >= 15 is 0 Å². The van der Waals surface area contributed by atoms with Crippen LogP contribution in [0.4, 0.5) is 10.5 Å². The van der Waals surface area contributed by atoms with Crippen molar-refractivity contribution in [1.82, 2.24) is 20.4 Å². The molecule has 0 bridgehead atoms. The van der Waals surface area contributed by atoms with E-state index in [-0.39, 0.29) is 30.0 Å². The predicted molar refractivity (Wildman–Crippen MR) is 143 cm³/mol. The molecule has 13 nitrogen and oxygen atoms in total. The maximum atomic E-state index is 13.2. The first-order valence-corrected chi connectivity index (χ1v) is 13.5. The number of ether oxygens (including phenoxy) is 3. The van der Waals surface area contributed by atoms with E-state index in [9.17, 15) is 24.0 Å². The van der Waals surface area contributed by atoms with Gasteiger partial charge in [0.25, 0.3) is 11.8 Å². The van der Waals surface area contributed by atoms with Crippen LogP contribution in [0.25, 0.3) is 0 Å². The molecule has 0 aliphatic carbocycles. The van der Waals surface area contributed by atoms with Crippen molar-refractivity contribution >= 4 is 35.4 Å². The zero-order valence-corrected chi connectivity index (χ0v) is 23.1. The summed E-state index contributed by atoms with van der Waals surface area (Å²) in [5.74, 6) is -2.07. The number of alkyl carbamates (subject to hydrolysis) is 1. The molecule has 5 amide bonds. The van der Waals surface area contributed by atoms with Crippen molar-refractivity contribution in [3.8, 4) is 0 Å². The van der Waals surface area contributed by atoms with Crippen molar-refractivity contribution in [2.75, 3.05) is 57.9 Å². The molecule has 2 fully saturated rings. The van der Waals surface area contributed by atoms with Crippen LogP contribution in [0.15, 0.2) is 18.2 Å². The first-order valence-electron chi connectivity index (χ1n) is 13.5. The Morgan fingerprint density at radius 1 is 1.02 bits per heavy atom. The minimum atomic E-state index is -0.989. The monoisotopic (exact) mass is 559 g/mol. The van der Waals surface area contributed by atoms with Gasteiger partial charge in [0.2, 0.25) is 11.8 Å². The van der Waals surface area contributed by atoms with Crippen LogP contribution >= 0.6 is 0 Å². The number of amides is 5. The Labute approximate surface area is 232 Å². The Hall–Kier alpha value is -3.55. The van der Waals surface area contributed by atoms with Gasteiger partial charge < -0.3 is 24.8 Å². The van der Waals surface area contributed by atoms with Gasteiger partial charge in [-0.1, -0.05) is 6.07 Å². The standard InChI is InChI=1S/C27H37N5O8/c1-27(2,3)40-26(37)28-9-11-38-13-14-39-12-10-31-15-17(16-31)29-19-6-4-5-18-22(19)25(36)32(24(18)35)20-7-8-21(33)30-23(20)34/h4-6,17,20,29H,7-16H2,1-3H3,(H,28,37)(H,30,33,34). The highest BCUT2D eigenvalue weighted by atomic mass is 16.6. The predicted octanol–water partition coefficient (Wildman–Crippen LogP) is 0.742. The van der Waals surface area contributed by atoms with Crippen LogP contribution in [0, 0.1) is 0 Å². The van der Waals surface area contributed by atoms with Crippen molar-refractivity contribution in [1.29, 1.82) is 0 Å². The lowest BCUT2D eigenvalue weighted by molar-refractivity contribution is -0.136. The molecule has 218 valence electrons. The third-order valence-electron chi connectivity index (χ3n) is 6.62. The summed E-state index contributed by atoms with van der Waals surface area (Å²) in [6.45, 7) is 9.78. The topological polar surface area (TPSA) is 156 Å². The van der Waals surface area contributed by atoms with Gasteiger partial charge >= 0.3 is 6.09 Å². The molecule has 3 heterocycles. The lowest BCUT2D eigenvalue weighted by Gasteiger charge is -2.40. The first-order chi connectivity index (χ1) is 19.0. The van der Waals surface area contributed by atoms with Crippen molar-refractivity contribution in [2.24, 2.45) is 0 Å². The fraction of sp³-hybridized carbons (Fsp3) is 0.593. The zero-order valence-electron chi connectivity index (χ0n) is 23.1. The largest absolute Gasteiger partial charge is 0.444 e. The van der Waals surface area contributed by atoms with Crippen molar-refractivity contribution < 1.29 is 38.2 Å². The molecule has 1 atom stereocenters. The second kappa shape index (κ2) is 12.7. The third kappa shape index (κ3) is 7.34. The fourth-order valence-corrected chi connectivity index (χ4v) is 4.75. The molecule has 3 aliphatic rings. The lowest BCUT2D eigenvalue weighted by atomic mass is 10.0. The molecule has 0 saturated carbocycles. The highest BCUT2D eigenvalue weighted by Crippen LogP contribution is 2.33. The summed E-state index contributed by atoms with van der Waals surface area (Å²) in [7, 11) is 0. The molecule has 3 N–H and O–H groups in total. The zero-order chi connectivity index (χ0) is 28.9. The number of fused-ring (bicyclic) bond motifs is 1. The van der Waals surface area contributed by atoms with Gasteiger partial charge in [-0.25, -0.2) is 4.79 Å². The summed E-state index contributed by atoms with van der Waals surface area (Å²) in [4.78, 5) is 64.7. The van der Waals surface area contributed by atoms with E-state index in [1.807, 2.05) is 0 Å². The SMILES string of the molecule is CC(C)(C)OC(=O)NCCOCCOCCN1CC(Nc2cccc3c2C(=O)N(C2CCC(=O)NC2=O)C3=O)C1. The van der Waals surface area contributed by atoms with E-state index in [2.05, 4.69) is 20.9 Å². The molecular weight excluding hydrogens is 522 g/mol. The Kier molecular flexibility index (Phi) is 9.38. The van der Waals surface area contributed by atoms with E-state index in [1.165, 1.54) is 0 Å². The van der Waals surface area contributed by atoms with Crippen molar-refractivity contribution in [3.63, 3.8) is 0 Å². The number of imide groups is 2. The van der Waals surface area contributed by atoms with Gasteiger partial charge in [-0.15, -0.1) is 0 Å². The van der Waals surface area contributed by atoms with Crippen LogP contribution in [0.5, 0.6) is 0 Å². The fourth-order valence-electron chi connectivity index (χ4n) is 4.75. The third-order valence-corrected chi connectivity index (χ3v) is 6.62. The minimum Gasteiger partial charge on any atom is -0.444 e. The van der Waals surface area contributed by atoms with E-state index in [1.54, 1.807) is 39.0 Å². The molecule has 0 spiro atoms. The highest BCUT2D eigenvalue weighted by molar-refractivity contribution is 6.25. The van der Waals surface area contributed by atoms with Gasteiger partial charge in [0.1, 0.15) is 11.6 Å². The number of benzene rings is 1. The number of nitrogens with zero attached hydrogens (tertiary/aromatic N) is 2. The molecule has 1 aromatic rings. The molecule has 3 aliphatic heterocycles. The average molecular weight is 560 g/mol. The van der Waals surface area contributed by atoms with Gasteiger partial charge in [0, 0.05) is 38.3 Å². The molecule has 1 unspecified atom stereocenters. The molecule has 40 heavy (non-hydrogen) atoms. The van der Waals surface area contributed by atoms with Crippen molar-refractivity contribution in [3.05, 3.63) is 29.3 Å². The summed E-state index contributed by atoms with van der Waals surface area (Å²) >= 11 is 0. The second-order valence-corrected chi connectivity index (χ2v) is 10.9. The Bertz CT molecular complexity index is 1140. The average Bonchev–Trinajstić information content (AvgIpc) is 3.10. The summed E-state index contributed by atoms with van der Waals surface area (Å²) in [5, 5.41) is 8.19. The Morgan fingerprint density at radius 2 is 1.75 bits per heavy atom. The first kappa shape index (κ1) is 29.4. The van der Waals surface area contributed by atoms with Crippen molar-refractivity contribution in [2.45, 2.75) is 51.3 Å².